The van der Waals surface area contributed by atoms with Gasteiger partial charge in [0.15, 0.2) is 0 Å². The fourth-order valence-corrected chi connectivity index (χ4v) is 1.59. The average Bonchev–Trinajstić information content (AvgIpc) is 2.24. The molecular formula is C12H18N2O3. The van der Waals surface area contributed by atoms with Crippen LogP contribution in [0.4, 0.5) is 11.4 Å². The van der Waals surface area contributed by atoms with Crippen molar-refractivity contribution in [2.75, 3.05) is 11.9 Å². The van der Waals surface area contributed by atoms with Crippen molar-refractivity contribution in [3.05, 3.63) is 33.9 Å². The average molecular weight is 238 g/mol. The highest BCUT2D eigenvalue weighted by molar-refractivity contribution is 5.54. The van der Waals surface area contributed by atoms with Crippen LogP contribution < -0.4 is 5.32 Å². The van der Waals surface area contributed by atoms with Crippen LogP contribution in [0.25, 0.3) is 0 Å². The molecule has 1 atom stereocenters. The van der Waals surface area contributed by atoms with Gasteiger partial charge in [-0.3, -0.25) is 10.1 Å². The Kier molecular flexibility index (Phi) is 4.45. The molecule has 1 unspecified atom stereocenters. The number of anilines is 1. The highest BCUT2D eigenvalue weighted by Crippen LogP contribution is 2.22. The summed E-state index contributed by atoms with van der Waals surface area (Å²) < 4.78 is 0. The van der Waals surface area contributed by atoms with E-state index >= 15 is 0 Å². The highest BCUT2D eigenvalue weighted by Gasteiger charge is 2.14. The maximum absolute atomic E-state index is 10.7. The van der Waals surface area contributed by atoms with E-state index in [0.717, 1.165) is 5.69 Å². The molecular weight excluding hydrogens is 220 g/mol. The van der Waals surface area contributed by atoms with E-state index in [0.29, 0.717) is 5.56 Å². The molecule has 1 aromatic carbocycles. The van der Waals surface area contributed by atoms with Gasteiger partial charge in [0.1, 0.15) is 0 Å². The Hall–Kier alpha value is -1.62. The van der Waals surface area contributed by atoms with Crippen LogP contribution in [-0.4, -0.2) is 22.7 Å². The standard InChI is InChI=1S/C12H18N2O3/c1-8(2)11(7-15)13-10-4-5-12(14(16)17)9(3)6-10/h4-6,8,11,13,15H,7H2,1-3H3. The van der Waals surface area contributed by atoms with Crippen LogP contribution in [0.3, 0.4) is 0 Å². The third kappa shape index (κ3) is 3.42. The second-order valence-electron chi connectivity index (χ2n) is 4.44. The number of hydrogen-bond donors (Lipinski definition) is 2. The van der Waals surface area contributed by atoms with Gasteiger partial charge in [0.25, 0.3) is 5.69 Å². The first-order chi connectivity index (χ1) is 7.95. The van der Waals surface area contributed by atoms with Crippen molar-refractivity contribution in [2.45, 2.75) is 26.8 Å². The van der Waals surface area contributed by atoms with Crippen molar-refractivity contribution in [1.29, 1.82) is 0 Å². The largest absolute Gasteiger partial charge is 0.394 e. The molecule has 5 heteroatoms. The third-order valence-corrected chi connectivity index (χ3v) is 2.75. The second kappa shape index (κ2) is 5.63. The molecule has 0 saturated carbocycles. The van der Waals surface area contributed by atoms with Gasteiger partial charge in [-0.25, -0.2) is 0 Å². The molecule has 0 aliphatic heterocycles. The van der Waals surface area contributed by atoms with Gasteiger partial charge in [-0.15, -0.1) is 0 Å². The number of aliphatic hydroxyl groups excluding tert-OH is 1. The summed E-state index contributed by atoms with van der Waals surface area (Å²) in [6.07, 6.45) is 0. The number of hydrogen-bond acceptors (Lipinski definition) is 4. The molecule has 0 saturated heterocycles. The first-order valence-corrected chi connectivity index (χ1v) is 5.58. The number of rotatable bonds is 5. The Morgan fingerprint density at radius 1 is 1.47 bits per heavy atom. The van der Waals surface area contributed by atoms with Crippen molar-refractivity contribution in [3.63, 3.8) is 0 Å². The first kappa shape index (κ1) is 13.4. The Balaban J connectivity index is 2.87. The van der Waals surface area contributed by atoms with E-state index in [2.05, 4.69) is 5.32 Å². The number of nitrogens with zero attached hydrogens (tertiary/aromatic N) is 1. The summed E-state index contributed by atoms with van der Waals surface area (Å²) in [5, 5.41) is 23.0. The van der Waals surface area contributed by atoms with Crippen molar-refractivity contribution in [3.8, 4) is 0 Å². The number of nitro benzene ring substituents is 1. The zero-order valence-electron chi connectivity index (χ0n) is 10.3. The van der Waals surface area contributed by atoms with E-state index < -0.39 is 4.92 Å². The summed E-state index contributed by atoms with van der Waals surface area (Å²) in [6.45, 7) is 5.75. The molecule has 94 valence electrons. The molecule has 0 aromatic heterocycles. The van der Waals surface area contributed by atoms with E-state index in [9.17, 15) is 15.2 Å². The van der Waals surface area contributed by atoms with Crippen LogP contribution in [0.2, 0.25) is 0 Å². The highest BCUT2D eigenvalue weighted by atomic mass is 16.6. The Labute approximate surface area is 101 Å². The topological polar surface area (TPSA) is 75.4 Å². The molecule has 0 fully saturated rings. The van der Waals surface area contributed by atoms with Crippen LogP contribution in [0.1, 0.15) is 19.4 Å². The Morgan fingerprint density at radius 3 is 2.53 bits per heavy atom. The van der Waals surface area contributed by atoms with Crippen molar-refractivity contribution in [1.82, 2.24) is 0 Å². The first-order valence-electron chi connectivity index (χ1n) is 5.58. The molecule has 1 rings (SSSR count). The number of nitrogens with one attached hydrogen (secondary N) is 1. The number of nitro groups is 1. The van der Waals surface area contributed by atoms with Gasteiger partial charge in [0.2, 0.25) is 0 Å². The monoisotopic (exact) mass is 238 g/mol. The maximum Gasteiger partial charge on any atom is 0.272 e. The SMILES string of the molecule is Cc1cc(NC(CO)C(C)C)ccc1[N+](=O)[O-]. The zero-order valence-corrected chi connectivity index (χ0v) is 10.3. The Morgan fingerprint density at radius 2 is 2.12 bits per heavy atom. The molecule has 0 heterocycles. The quantitative estimate of drug-likeness (QED) is 0.609. The van der Waals surface area contributed by atoms with E-state index in [1.54, 1.807) is 19.1 Å². The van der Waals surface area contributed by atoms with Gasteiger partial charge in [-0.2, -0.15) is 0 Å². The van der Waals surface area contributed by atoms with E-state index in [4.69, 9.17) is 0 Å². The van der Waals surface area contributed by atoms with E-state index in [-0.39, 0.29) is 24.3 Å². The molecule has 1 aromatic rings. The smallest absolute Gasteiger partial charge is 0.272 e. The molecule has 5 nitrogen and oxygen atoms in total. The molecule has 0 spiro atoms. The predicted molar refractivity (Wildman–Crippen MR) is 67.2 cm³/mol. The lowest BCUT2D eigenvalue weighted by Crippen LogP contribution is -2.29. The van der Waals surface area contributed by atoms with Gasteiger partial charge in [0.05, 0.1) is 17.6 Å². The van der Waals surface area contributed by atoms with Crippen molar-refractivity contribution in [2.24, 2.45) is 5.92 Å². The van der Waals surface area contributed by atoms with Crippen LogP contribution in [-0.2, 0) is 0 Å². The van der Waals surface area contributed by atoms with E-state index in [1.165, 1.54) is 6.07 Å². The lowest BCUT2D eigenvalue weighted by Gasteiger charge is -2.21. The molecule has 17 heavy (non-hydrogen) atoms. The normalized spacial score (nSPS) is 12.5. The summed E-state index contributed by atoms with van der Waals surface area (Å²) in [5.74, 6) is 0.287. The van der Waals surface area contributed by atoms with Gasteiger partial charge >= 0.3 is 0 Å². The van der Waals surface area contributed by atoms with Crippen LogP contribution in [0.15, 0.2) is 18.2 Å². The molecule has 2 N–H and O–H groups in total. The van der Waals surface area contributed by atoms with E-state index in [1.807, 2.05) is 13.8 Å². The third-order valence-electron chi connectivity index (χ3n) is 2.75. The lowest BCUT2D eigenvalue weighted by molar-refractivity contribution is -0.385. The zero-order chi connectivity index (χ0) is 13.0. The van der Waals surface area contributed by atoms with Gasteiger partial charge in [-0.05, 0) is 25.0 Å². The minimum Gasteiger partial charge on any atom is -0.394 e. The molecule has 0 aliphatic rings. The fraction of sp³-hybridized carbons (Fsp3) is 0.500. The number of benzene rings is 1. The predicted octanol–water partition coefficient (Wildman–Crippen LogP) is 2.33. The summed E-state index contributed by atoms with van der Waals surface area (Å²) in [4.78, 5) is 10.3. The summed E-state index contributed by atoms with van der Waals surface area (Å²) in [7, 11) is 0. The molecule has 0 aliphatic carbocycles. The van der Waals surface area contributed by atoms with Gasteiger partial charge in [-0.1, -0.05) is 13.8 Å². The second-order valence-corrected chi connectivity index (χ2v) is 4.44. The molecule has 0 amide bonds. The number of aliphatic hydroxyl groups is 1. The molecule has 0 bridgehead atoms. The summed E-state index contributed by atoms with van der Waals surface area (Å²) in [6, 6.07) is 4.82. The van der Waals surface area contributed by atoms with Gasteiger partial charge < -0.3 is 10.4 Å². The summed E-state index contributed by atoms with van der Waals surface area (Å²) in [5.41, 5.74) is 1.52. The van der Waals surface area contributed by atoms with Crippen LogP contribution >= 0.6 is 0 Å². The Bertz CT molecular complexity index is 405. The molecule has 0 radical (unpaired) electrons. The minimum absolute atomic E-state index is 0.0354. The lowest BCUT2D eigenvalue weighted by atomic mass is 10.0. The fourth-order valence-electron chi connectivity index (χ4n) is 1.59. The van der Waals surface area contributed by atoms with Gasteiger partial charge in [0, 0.05) is 17.3 Å². The van der Waals surface area contributed by atoms with Crippen LogP contribution in [0, 0.1) is 23.0 Å². The minimum atomic E-state index is -0.398. The van der Waals surface area contributed by atoms with Crippen molar-refractivity contribution < 1.29 is 10.0 Å². The number of aryl methyl sites for hydroxylation is 1. The maximum atomic E-state index is 10.7. The van der Waals surface area contributed by atoms with Crippen LogP contribution in [0.5, 0.6) is 0 Å². The summed E-state index contributed by atoms with van der Waals surface area (Å²) >= 11 is 0. The van der Waals surface area contributed by atoms with Crippen molar-refractivity contribution >= 4 is 11.4 Å².